The summed E-state index contributed by atoms with van der Waals surface area (Å²) in [4.78, 5) is 21.5. The molecule has 0 unspecified atom stereocenters. The summed E-state index contributed by atoms with van der Waals surface area (Å²) in [5, 5.41) is 10.0. The zero-order chi connectivity index (χ0) is 21.3. The number of aryl methyl sites for hydroxylation is 1. The van der Waals surface area contributed by atoms with Gasteiger partial charge in [-0.1, -0.05) is 11.8 Å². The van der Waals surface area contributed by atoms with Crippen molar-refractivity contribution >= 4 is 34.9 Å². The van der Waals surface area contributed by atoms with Crippen molar-refractivity contribution < 1.29 is 13.6 Å². The SMILES string of the molecule is Cc1nc2ncnn2c(Sc2ccc(NC(=O)Nc3cc(F)ccc3F)cc2)c1C. The number of rotatable bonds is 4. The highest BCUT2D eigenvalue weighted by Crippen LogP contribution is 2.31. The van der Waals surface area contributed by atoms with Crippen molar-refractivity contribution in [3.8, 4) is 0 Å². The van der Waals surface area contributed by atoms with E-state index in [1.807, 2.05) is 26.0 Å². The van der Waals surface area contributed by atoms with Gasteiger partial charge in [0.2, 0.25) is 0 Å². The molecule has 0 atom stereocenters. The third-order valence-corrected chi connectivity index (χ3v) is 5.54. The number of halogens is 2. The van der Waals surface area contributed by atoms with Crippen LogP contribution in [0.5, 0.6) is 0 Å². The number of fused-ring (bicyclic) bond motifs is 1. The summed E-state index contributed by atoms with van der Waals surface area (Å²) in [6.45, 7) is 3.89. The fourth-order valence-electron chi connectivity index (χ4n) is 2.72. The summed E-state index contributed by atoms with van der Waals surface area (Å²) < 4.78 is 28.6. The Morgan fingerprint density at radius 2 is 1.83 bits per heavy atom. The number of amides is 2. The minimum absolute atomic E-state index is 0.236. The van der Waals surface area contributed by atoms with Gasteiger partial charge in [-0.05, 0) is 50.2 Å². The van der Waals surface area contributed by atoms with E-state index in [-0.39, 0.29) is 5.69 Å². The van der Waals surface area contributed by atoms with Gasteiger partial charge in [0.15, 0.2) is 0 Å². The van der Waals surface area contributed by atoms with Crippen LogP contribution in [0, 0.1) is 25.5 Å². The van der Waals surface area contributed by atoms with Crippen LogP contribution in [0.1, 0.15) is 11.3 Å². The Balaban J connectivity index is 1.47. The minimum Gasteiger partial charge on any atom is -0.308 e. The van der Waals surface area contributed by atoms with Crippen LogP contribution in [-0.4, -0.2) is 25.6 Å². The molecule has 2 N–H and O–H groups in total. The molecule has 0 saturated heterocycles. The molecule has 2 aromatic carbocycles. The maximum atomic E-state index is 13.6. The lowest BCUT2D eigenvalue weighted by Crippen LogP contribution is -2.20. The van der Waals surface area contributed by atoms with Gasteiger partial charge in [-0.3, -0.25) is 0 Å². The number of nitrogens with zero attached hydrogens (tertiary/aromatic N) is 4. The second-order valence-corrected chi connectivity index (χ2v) is 7.49. The molecule has 0 aliphatic carbocycles. The van der Waals surface area contributed by atoms with Gasteiger partial charge in [0.25, 0.3) is 5.78 Å². The van der Waals surface area contributed by atoms with Crippen LogP contribution in [0.15, 0.2) is 58.7 Å². The molecule has 30 heavy (non-hydrogen) atoms. The summed E-state index contributed by atoms with van der Waals surface area (Å²) in [5.74, 6) is -0.836. The van der Waals surface area contributed by atoms with E-state index in [1.54, 1.807) is 16.6 Å². The van der Waals surface area contributed by atoms with Gasteiger partial charge in [-0.2, -0.15) is 14.6 Å². The van der Waals surface area contributed by atoms with Crippen LogP contribution >= 0.6 is 11.8 Å². The predicted octanol–water partition coefficient (Wildman–Crippen LogP) is 4.81. The van der Waals surface area contributed by atoms with Crippen LogP contribution < -0.4 is 10.6 Å². The smallest absolute Gasteiger partial charge is 0.308 e. The quantitative estimate of drug-likeness (QED) is 0.458. The maximum Gasteiger partial charge on any atom is 0.323 e. The van der Waals surface area contributed by atoms with E-state index < -0.39 is 17.7 Å². The van der Waals surface area contributed by atoms with E-state index in [1.165, 1.54) is 18.1 Å². The Morgan fingerprint density at radius 3 is 2.60 bits per heavy atom. The van der Waals surface area contributed by atoms with E-state index in [4.69, 9.17) is 0 Å². The van der Waals surface area contributed by atoms with E-state index in [0.29, 0.717) is 11.5 Å². The molecule has 4 aromatic rings. The van der Waals surface area contributed by atoms with Gasteiger partial charge in [-0.15, -0.1) is 0 Å². The first-order valence-electron chi connectivity index (χ1n) is 8.88. The lowest BCUT2D eigenvalue weighted by Gasteiger charge is -2.11. The normalized spacial score (nSPS) is 10.9. The van der Waals surface area contributed by atoms with Gasteiger partial charge in [-0.25, -0.2) is 18.6 Å². The van der Waals surface area contributed by atoms with Crippen LogP contribution in [0.25, 0.3) is 5.78 Å². The molecule has 0 bridgehead atoms. The third kappa shape index (κ3) is 4.08. The van der Waals surface area contributed by atoms with Crippen LogP contribution in [0.2, 0.25) is 0 Å². The highest BCUT2D eigenvalue weighted by atomic mass is 32.2. The highest BCUT2D eigenvalue weighted by molar-refractivity contribution is 7.99. The second-order valence-electron chi connectivity index (χ2n) is 6.43. The molecule has 2 aromatic heterocycles. The van der Waals surface area contributed by atoms with E-state index in [0.717, 1.165) is 39.4 Å². The van der Waals surface area contributed by atoms with E-state index in [2.05, 4.69) is 25.7 Å². The number of nitrogens with one attached hydrogen (secondary N) is 2. The topological polar surface area (TPSA) is 84.2 Å². The van der Waals surface area contributed by atoms with Crippen LogP contribution in [-0.2, 0) is 0 Å². The number of hydrogen-bond acceptors (Lipinski definition) is 5. The van der Waals surface area contributed by atoms with Crippen molar-refractivity contribution in [3.63, 3.8) is 0 Å². The molecule has 152 valence electrons. The zero-order valence-electron chi connectivity index (χ0n) is 16.0. The zero-order valence-corrected chi connectivity index (χ0v) is 16.8. The Hall–Kier alpha value is -3.53. The number of anilines is 2. The lowest BCUT2D eigenvalue weighted by molar-refractivity contribution is 0.262. The number of benzene rings is 2. The first-order valence-corrected chi connectivity index (χ1v) is 9.70. The Labute approximate surface area is 174 Å². The number of aromatic nitrogens is 4. The summed E-state index contributed by atoms with van der Waals surface area (Å²) in [5.41, 5.74) is 2.14. The molecule has 0 saturated carbocycles. The molecule has 2 heterocycles. The Morgan fingerprint density at radius 1 is 1.07 bits per heavy atom. The number of urea groups is 1. The first-order chi connectivity index (χ1) is 14.4. The molecule has 0 fully saturated rings. The Bertz CT molecular complexity index is 1240. The van der Waals surface area contributed by atoms with Gasteiger partial charge in [0.05, 0.1) is 5.69 Å². The Kier molecular flexibility index (Phi) is 5.32. The monoisotopic (exact) mass is 426 g/mol. The summed E-state index contributed by atoms with van der Waals surface area (Å²) >= 11 is 1.50. The molecular formula is C20H16F2N6OS. The first kappa shape index (κ1) is 19.8. The molecule has 0 spiro atoms. The van der Waals surface area contributed by atoms with Crippen molar-refractivity contribution in [2.45, 2.75) is 23.8 Å². The number of carbonyl (C=O) groups excluding carboxylic acids is 1. The summed E-state index contributed by atoms with van der Waals surface area (Å²) in [6, 6.07) is 9.27. The van der Waals surface area contributed by atoms with Gasteiger partial charge in [0, 0.05) is 27.9 Å². The average Bonchev–Trinajstić information content (AvgIpc) is 3.17. The standard InChI is InChI=1S/C20H16F2N6OS/c1-11-12(2)25-19-23-10-24-28(19)18(11)30-15-6-4-14(5-7-15)26-20(29)27-17-9-13(21)3-8-16(17)22/h3-10H,1-2H3,(H2,26,27,29). The number of hydrogen-bond donors (Lipinski definition) is 2. The van der Waals surface area contributed by atoms with Crippen molar-refractivity contribution in [3.05, 3.63) is 71.7 Å². The second kappa shape index (κ2) is 8.07. The lowest BCUT2D eigenvalue weighted by atomic mass is 10.3. The fraction of sp³-hybridized carbons (Fsp3) is 0.100. The molecule has 0 aliphatic heterocycles. The third-order valence-electron chi connectivity index (χ3n) is 4.36. The van der Waals surface area contributed by atoms with E-state index in [9.17, 15) is 13.6 Å². The molecule has 0 aliphatic rings. The summed E-state index contributed by atoms with van der Waals surface area (Å²) in [7, 11) is 0. The van der Waals surface area contributed by atoms with Crippen molar-refractivity contribution in [1.82, 2.24) is 19.6 Å². The summed E-state index contributed by atoms with van der Waals surface area (Å²) in [6.07, 6.45) is 1.46. The van der Waals surface area contributed by atoms with Crippen molar-refractivity contribution in [2.75, 3.05) is 10.6 Å². The van der Waals surface area contributed by atoms with E-state index >= 15 is 0 Å². The van der Waals surface area contributed by atoms with Gasteiger partial charge >= 0.3 is 6.03 Å². The largest absolute Gasteiger partial charge is 0.323 e. The van der Waals surface area contributed by atoms with Crippen LogP contribution in [0.3, 0.4) is 0 Å². The maximum absolute atomic E-state index is 13.6. The number of carbonyl (C=O) groups is 1. The van der Waals surface area contributed by atoms with Crippen molar-refractivity contribution in [2.24, 2.45) is 0 Å². The van der Waals surface area contributed by atoms with Crippen LogP contribution in [0.4, 0.5) is 25.0 Å². The van der Waals surface area contributed by atoms with Gasteiger partial charge in [0.1, 0.15) is 23.0 Å². The molecule has 0 radical (unpaired) electrons. The van der Waals surface area contributed by atoms with Gasteiger partial charge < -0.3 is 10.6 Å². The van der Waals surface area contributed by atoms with Crippen molar-refractivity contribution in [1.29, 1.82) is 0 Å². The predicted molar refractivity (Wildman–Crippen MR) is 110 cm³/mol. The molecule has 4 rings (SSSR count). The average molecular weight is 426 g/mol. The molecule has 10 heteroatoms. The highest BCUT2D eigenvalue weighted by Gasteiger charge is 2.13. The molecule has 7 nitrogen and oxygen atoms in total. The molecule has 2 amide bonds. The minimum atomic E-state index is -0.722. The molecular weight excluding hydrogens is 410 g/mol. The fourth-order valence-corrected chi connectivity index (χ4v) is 3.73.